The van der Waals surface area contributed by atoms with Crippen molar-refractivity contribution in [1.29, 1.82) is 0 Å². The van der Waals surface area contributed by atoms with E-state index in [4.69, 9.17) is 10.5 Å². The van der Waals surface area contributed by atoms with Gasteiger partial charge in [-0.1, -0.05) is 0 Å². The predicted octanol–water partition coefficient (Wildman–Crippen LogP) is 2.11. The molecule has 3 N–H and O–H groups in total. The number of nitrogens with two attached hydrogens (primary N) is 1. The van der Waals surface area contributed by atoms with Gasteiger partial charge < -0.3 is 20.4 Å². The molecule has 0 amide bonds. The Balaban J connectivity index is 1.75. The van der Waals surface area contributed by atoms with Gasteiger partial charge in [-0.05, 0) is 18.2 Å². The first-order valence-corrected chi connectivity index (χ1v) is 7.24. The highest BCUT2D eigenvalue weighted by molar-refractivity contribution is 5.86. The van der Waals surface area contributed by atoms with Gasteiger partial charge in [0, 0.05) is 41.7 Å². The van der Waals surface area contributed by atoms with Gasteiger partial charge in [0.1, 0.15) is 17.4 Å². The van der Waals surface area contributed by atoms with E-state index >= 15 is 0 Å². The highest BCUT2D eigenvalue weighted by Gasteiger charge is 2.22. The zero-order valence-electron chi connectivity index (χ0n) is 12.3. The Kier molecular flexibility index (Phi) is 2.89. The number of nitrogen functional groups attached to an aromatic ring is 1. The summed E-state index contributed by atoms with van der Waals surface area (Å²) in [4.78, 5) is 14.2. The van der Waals surface area contributed by atoms with Gasteiger partial charge in [0.25, 0.3) is 0 Å². The molecule has 112 valence electrons. The molecule has 0 fully saturated rings. The molecule has 0 atom stereocenters. The van der Waals surface area contributed by atoms with Crippen LogP contribution in [0.1, 0.15) is 11.3 Å². The van der Waals surface area contributed by atoms with Crippen molar-refractivity contribution in [2.45, 2.75) is 13.0 Å². The summed E-state index contributed by atoms with van der Waals surface area (Å²) in [6.07, 6.45) is 4.27. The number of rotatable bonds is 2. The maximum absolute atomic E-state index is 5.75. The third kappa shape index (κ3) is 2.04. The Morgan fingerprint density at radius 1 is 1.32 bits per heavy atom. The summed E-state index contributed by atoms with van der Waals surface area (Å²) in [7, 11) is 1.69. The summed E-state index contributed by atoms with van der Waals surface area (Å²) in [5.41, 5.74) is 9.47. The second kappa shape index (κ2) is 4.91. The molecule has 0 saturated carbocycles. The van der Waals surface area contributed by atoms with Crippen molar-refractivity contribution in [3.05, 3.63) is 41.9 Å². The number of nitrogens with one attached hydrogen (secondary N) is 1. The third-order valence-electron chi connectivity index (χ3n) is 4.15. The Bertz CT molecular complexity index is 842. The smallest absolute Gasteiger partial charge is 0.149 e. The van der Waals surface area contributed by atoms with Gasteiger partial charge in [-0.25, -0.2) is 4.98 Å². The fraction of sp³-hybridized carbons (Fsp3) is 0.250. The van der Waals surface area contributed by atoms with Crippen molar-refractivity contribution < 1.29 is 4.74 Å². The van der Waals surface area contributed by atoms with Gasteiger partial charge in [-0.15, -0.1) is 0 Å². The van der Waals surface area contributed by atoms with E-state index in [1.165, 1.54) is 16.6 Å². The monoisotopic (exact) mass is 295 g/mol. The second-order valence-electron chi connectivity index (χ2n) is 5.47. The number of aromatic nitrogens is 3. The van der Waals surface area contributed by atoms with E-state index in [9.17, 15) is 0 Å². The molecule has 2 aromatic heterocycles. The largest absolute Gasteiger partial charge is 0.497 e. The van der Waals surface area contributed by atoms with Crippen molar-refractivity contribution in [3.63, 3.8) is 0 Å². The molecule has 0 bridgehead atoms. The van der Waals surface area contributed by atoms with Crippen molar-refractivity contribution in [1.82, 2.24) is 15.0 Å². The lowest BCUT2D eigenvalue weighted by atomic mass is 10.0. The Morgan fingerprint density at radius 3 is 3.05 bits per heavy atom. The first-order chi connectivity index (χ1) is 10.7. The Morgan fingerprint density at radius 2 is 2.23 bits per heavy atom. The van der Waals surface area contributed by atoms with Crippen LogP contribution in [0.15, 0.2) is 30.6 Å². The molecule has 0 saturated heterocycles. The lowest BCUT2D eigenvalue weighted by molar-refractivity contribution is 0.415. The van der Waals surface area contributed by atoms with Crippen LogP contribution in [0, 0.1) is 0 Å². The van der Waals surface area contributed by atoms with Crippen LogP contribution >= 0.6 is 0 Å². The van der Waals surface area contributed by atoms with Crippen LogP contribution in [0.4, 0.5) is 11.6 Å². The summed E-state index contributed by atoms with van der Waals surface area (Å²) >= 11 is 0. The second-order valence-corrected chi connectivity index (χ2v) is 5.47. The van der Waals surface area contributed by atoms with Crippen LogP contribution in [0.2, 0.25) is 0 Å². The topological polar surface area (TPSA) is 80.1 Å². The van der Waals surface area contributed by atoms with Gasteiger partial charge in [0.2, 0.25) is 0 Å². The highest BCUT2D eigenvalue weighted by atomic mass is 16.5. The predicted molar refractivity (Wildman–Crippen MR) is 86.0 cm³/mol. The molecule has 4 rings (SSSR count). The maximum atomic E-state index is 5.75. The molecular formula is C16H17N5O. The number of ether oxygens (including phenoxy) is 1. The average molecular weight is 295 g/mol. The normalized spacial score (nSPS) is 14.1. The summed E-state index contributed by atoms with van der Waals surface area (Å²) < 4.78 is 5.34. The van der Waals surface area contributed by atoms with Gasteiger partial charge in [0.05, 0.1) is 19.5 Å². The average Bonchev–Trinajstić information content (AvgIpc) is 2.91. The lowest BCUT2D eigenvalue weighted by Gasteiger charge is -2.28. The van der Waals surface area contributed by atoms with Gasteiger partial charge in [-0.2, -0.15) is 0 Å². The number of benzene rings is 1. The molecule has 0 aliphatic carbocycles. The van der Waals surface area contributed by atoms with E-state index < -0.39 is 0 Å². The summed E-state index contributed by atoms with van der Waals surface area (Å²) in [5.74, 6) is 2.14. The quantitative estimate of drug-likeness (QED) is 0.757. The maximum Gasteiger partial charge on any atom is 0.149 e. The molecule has 22 heavy (non-hydrogen) atoms. The van der Waals surface area contributed by atoms with Crippen LogP contribution in [-0.4, -0.2) is 28.6 Å². The molecule has 6 heteroatoms. The molecule has 1 aliphatic heterocycles. The molecule has 1 aliphatic rings. The number of hydrogen-bond donors (Lipinski definition) is 2. The number of nitrogens with zero attached hydrogens (tertiary/aromatic N) is 3. The first kappa shape index (κ1) is 12.9. The first-order valence-electron chi connectivity index (χ1n) is 7.24. The standard InChI is InChI=1S/C16H17N5O/c1-22-10-2-3-13-11(6-10)12-9-21(5-4-14(12)19-13)16-8-18-7-15(17)20-16/h2-3,6-8,19H,4-5,9H2,1H3,(H2,17,20). The minimum atomic E-state index is 0.448. The van der Waals surface area contributed by atoms with E-state index in [0.717, 1.165) is 36.6 Å². The SMILES string of the molecule is COc1ccc2[nH]c3c(c2c1)CN(c1cncc(N)n1)CC3. The number of methoxy groups -OCH3 is 1. The minimum absolute atomic E-state index is 0.448. The number of hydrogen-bond acceptors (Lipinski definition) is 5. The highest BCUT2D eigenvalue weighted by Crippen LogP contribution is 2.31. The van der Waals surface area contributed by atoms with E-state index in [0.29, 0.717) is 5.82 Å². The number of anilines is 2. The van der Waals surface area contributed by atoms with Crippen molar-refractivity contribution in [2.75, 3.05) is 24.3 Å². The van der Waals surface area contributed by atoms with Gasteiger partial charge in [0.15, 0.2) is 0 Å². The minimum Gasteiger partial charge on any atom is -0.497 e. The molecule has 1 aromatic carbocycles. The number of aromatic amines is 1. The zero-order chi connectivity index (χ0) is 15.1. The molecule has 3 heterocycles. The lowest BCUT2D eigenvalue weighted by Crippen LogP contribution is -2.31. The van der Waals surface area contributed by atoms with Crippen molar-refractivity contribution in [2.24, 2.45) is 0 Å². The third-order valence-corrected chi connectivity index (χ3v) is 4.15. The zero-order valence-corrected chi connectivity index (χ0v) is 12.3. The van der Waals surface area contributed by atoms with E-state index in [-0.39, 0.29) is 0 Å². The molecule has 3 aromatic rings. The Hall–Kier alpha value is -2.76. The van der Waals surface area contributed by atoms with Crippen LogP contribution in [-0.2, 0) is 13.0 Å². The van der Waals surface area contributed by atoms with E-state index in [1.807, 2.05) is 6.07 Å². The van der Waals surface area contributed by atoms with E-state index in [2.05, 4.69) is 32.0 Å². The van der Waals surface area contributed by atoms with Crippen LogP contribution in [0.3, 0.4) is 0 Å². The summed E-state index contributed by atoms with van der Waals surface area (Å²) in [6, 6.07) is 6.13. The van der Waals surface area contributed by atoms with Crippen LogP contribution < -0.4 is 15.4 Å². The Labute approximate surface area is 127 Å². The molecular weight excluding hydrogens is 278 g/mol. The van der Waals surface area contributed by atoms with E-state index in [1.54, 1.807) is 19.5 Å². The van der Waals surface area contributed by atoms with Gasteiger partial charge >= 0.3 is 0 Å². The fourth-order valence-corrected chi connectivity index (χ4v) is 3.04. The molecule has 0 unspecified atom stereocenters. The molecule has 6 nitrogen and oxygen atoms in total. The molecule has 0 spiro atoms. The summed E-state index contributed by atoms with van der Waals surface area (Å²) in [5, 5.41) is 1.20. The molecule has 0 radical (unpaired) electrons. The van der Waals surface area contributed by atoms with Gasteiger partial charge in [-0.3, -0.25) is 4.98 Å². The fourth-order valence-electron chi connectivity index (χ4n) is 3.04. The van der Waals surface area contributed by atoms with Crippen LogP contribution in [0.25, 0.3) is 10.9 Å². The van der Waals surface area contributed by atoms with Crippen molar-refractivity contribution in [3.8, 4) is 5.75 Å². The van der Waals surface area contributed by atoms with Crippen molar-refractivity contribution >= 4 is 22.5 Å². The number of fused-ring (bicyclic) bond motifs is 3. The number of H-pyrrole nitrogens is 1. The summed E-state index contributed by atoms with van der Waals surface area (Å²) in [6.45, 7) is 1.69. The van der Waals surface area contributed by atoms with Crippen LogP contribution in [0.5, 0.6) is 5.75 Å².